The Morgan fingerprint density at radius 1 is 1.21 bits per heavy atom. The molecule has 1 aliphatic rings. The van der Waals surface area contributed by atoms with Gasteiger partial charge in [-0.15, -0.1) is 0 Å². The lowest BCUT2D eigenvalue weighted by Gasteiger charge is -2.29. The van der Waals surface area contributed by atoms with Crippen LogP contribution in [0.2, 0.25) is 10.0 Å². The summed E-state index contributed by atoms with van der Waals surface area (Å²) in [5, 5.41) is 0.869. The van der Waals surface area contributed by atoms with Crippen LogP contribution in [0, 0.1) is 0 Å². The van der Waals surface area contributed by atoms with E-state index in [1.165, 1.54) is 17.8 Å². The molecule has 1 saturated heterocycles. The third-order valence-electron chi connectivity index (χ3n) is 4.54. The number of nitrogens with two attached hydrogens (primary N) is 1. The molecule has 1 fully saturated rings. The molecule has 1 unspecified atom stereocenters. The van der Waals surface area contributed by atoms with Crippen molar-refractivity contribution in [3.8, 4) is 5.75 Å². The molecule has 3 rings (SSSR count). The molecule has 4 nitrogen and oxygen atoms in total. The van der Waals surface area contributed by atoms with Crippen molar-refractivity contribution in [2.24, 2.45) is 5.73 Å². The first-order valence-corrected chi connectivity index (χ1v) is 10.6. The second-order valence-electron chi connectivity index (χ2n) is 6.55. The van der Waals surface area contributed by atoms with E-state index in [1.54, 1.807) is 18.1 Å². The van der Waals surface area contributed by atoms with E-state index >= 15 is 0 Å². The van der Waals surface area contributed by atoms with Gasteiger partial charge in [-0.2, -0.15) is 0 Å². The first-order chi connectivity index (χ1) is 13.5. The summed E-state index contributed by atoms with van der Waals surface area (Å²) in [6.45, 7) is 1.33. The number of para-hydroxylation sites is 1. The van der Waals surface area contributed by atoms with Crippen LogP contribution in [0.3, 0.4) is 0 Å². The second-order valence-corrected chi connectivity index (χ2v) is 8.39. The number of rotatable bonds is 5. The molecule has 148 valence electrons. The van der Waals surface area contributed by atoms with E-state index in [2.05, 4.69) is 0 Å². The van der Waals surface area contributed by atoms with Crippen molar-refractivity contribution < 1.29 is 9.53 Å². The molecular formula is C21H22Cl2N2O2S. The molecule has 0 radical (unpaired) electrons. The number of piperidine rings is 1. The monoisotopic (exact) mass is 436 g/mol. The van der Waals surface area contributed by atoms with Crippen molar-refractivity contribution in [3.05, 3.63) is 58.1 Å². The average Bonchev–Trinajstić information content (AvgIpc) is 2.71. The van der Waals surface area contributed by atoms with E-state index in [0.29, 0.717) is 22.2 Å². The Morgan fingerprint density at radius 2 is 2.00 bits per heavy atom. The normalized spacial score (nSPS) is 17.1. The fourth-order valence-electron chi connectivity index (χ4n) is 3.05. The molecule has 0 aromatic heterocycles. The van der Waals surface area contributed by atoms with Crippen LogP contribution in [0.15, 0.2) is 52.3 Å². The molecule has 1 atom stereocenters. The summed E-state index contributed by atoms with van der Waals surface area (Å²) in [7, 11) is 1.63. The Balaban J connectivity index is 1.75. The lowest BCUT2D eigenvalue weighted by molar-refractivity contribution is -0.127. The number of methoxy groups -OCH3 is 1. The number of ether oxygens (including phenoxy) is 1. The lowest BCUT2D eigenvalue weighted by atomic mass is 10.1. The van der Waals surface area contributed by atoms with Gasteiger partial charge in [-0.1, -0.05) is 53.2 Å². The first kappa shape index (κ1) is 21.1. The van der Waals surface area contributed by atoms with Crippen molar-refractivity contribution in [1.82, 2.24) is 4.90 Å². The van der Waals surface area contributed by atoms with Crippen molar-refractivity contribution >= 4 is 46.9 Å². The lowest BCUT2D eigenvalue weighted by Crippen LogP contribution is -2.45. The van der Waals surface area contributed by atoms with E-state index in [0.717, 1.165) is 34.9 Å². The number of amides is 1. The van der Waals surface area contributed by atoms with E-state index in [1.807, 2.05) is 36.4 Å². The minimum absolute atomic E-state index is 0.0513. The quantitative estimate of drug-likeness (QED) is 0.660. The Kier molecular flexibility index (Phi) is 7.30. The van der Waals surface area contributed by atoms with Crippen LogP contribution in [0.25, 0.3) is 6.08 Å². The smallest absolute Gasteiger partial charge is 0.246 e. The number of likely N-dealkylation sites (tertiary alicyclic amines) is 1. The summed E-state index contributed by atoms with van der Waals surface area (Å²) in [5.41, 5.74) is 6.65. The minimum atomic E-state index is -0.0604. The maximum Gasteiger partial charge on any atom is 0.246 e. The predicted octanol–water partition coefficient (Wildman–Crippen LogP) is 5.12. The van der Waals surface area contributed by atoms with Crippen LogP contribution in [-0.4, -0.2) is 37.0 Å². The van der Waals surface area contributed by atoms with E-state index in [-0.39, 0.29) is 11.9 Å². The zero-order valence-corrected chi connectivity index (χ0v) is 17.9. The number of carbonyl (C=O) groups is 1. The highest BCUT2D eigenvalue weighted by Gasteiger charge is 2.19. The van der Waals surface area contributed by atoms with Crippen molar-refractivity contribution in [2.75, 3.05) is 20.2 Å². The number of carbonyl (C=O) groups excluding carboxylic acids is 1. The third-order valence-corrected chi connectivity index (χ3v) is 6.67. The standard InChI is InChI=1S/C21H22Cl2N2O2S/c1-27-16-6-2-3-7-17(16)28-18-10-8-14(20(22)21(18)23)9-11-19(26)25-12-4-5-15(24)13-25/h2-3,6-11,15H,4-5,12-13,24H2,1H3/b11-9+. The molecule has 2 N–H and O–H groups in total. The maximum absolute atomic E-state index is 12.4. The van der Waals surface area contributed by atoms with Gasteiger partial charge in [0.05, 0.1) is 22.1 Å². The molecule has 1 amide bonds. The van der Waals surface area contributed by atoms with Gasteiger partial charge in [0.15, 0.2) is 0 Å². The van der Waals surface area contributed by atoms with Crippen LogP contribution in [0.4, 0.5) is 0 Å². The fraction of sp³-hybridized carbons (Fsp3) is 0.286. The third kappa shape index (κ3) is 5.03. The summed E-state index contributed by atoms with van der Waals surface area (Å²) in [6, 6.07) is 11.5. The highest BCUT2D eigenvalue weighted by Crippen LogP contribution is 2.42. The summed E-state index contributed by atoms with van der Waals surface area (Å²) < 4.78 is 5.38. The highest BCUT2D eigenvalue weighted by atomic mass is 35.5. The largest absolute Gasteiger partial charge is 0.496 e. The zero-order chi connectivity index (χ0) is 20.1. The van der Waals surface area contributed by atoms with Crippen molar-refractivity contribution in [2.45, 2.75) is 28.7 Å². The maximum atomic E-state index is 12.4. The zero-order valence-electron chi connectivity index (χ0n) is 15.5. The van der Waals surface area contributed by atoms with Crippen molar-refractivity contribution in [3.63, 3.8) is 0 Å². The summed E-state index contributed by atoms with van der Waals surface area (Å²) in [6.07, 6.45) is 5.12. The number of hydrogen-bond acceptors (Lipinski definition) is 4. The van der Waals surface area contributed by atoms with Crippen LogP contribution in [0.5, 0.6) is 5.75 Å². The molecule has 0 saturated carbocycles. The van der Waals surface area contributed by atoms with Gasteiger partial charge in [0.25, 0.3) is 0 Å². The van der Waals surface area contributed by atoms with Crippen molar-refractivity contribution in [1.29, 1.82) is 0 Å². The molecule has 0 aliphatic carbocycles. The van der Waals surface area contributed by atoms with Crippen LogP contribution >= 0.6 is 35.0 Å². The molecule has 7 heteroatoms. The van der Waals surface area contributed by atoms with Crippen LogP contribution in [-0.2, 0) is 4.79 Å². The summed E-state index contributed by atoms with van der Waals surface area (Å²) in [5.74, 6) is 0.712. The van der Waals surface area contributed by atoms with Gasteiger partial charge in [-0.25, -0.2) is 0 Å². The number of hydrogen-bond donors (Lipinski definition) is 1. The number of benzene rings is 2. The Hall–Kier alpha value is -1.66. The second kappa shape index (κ2) is 9.70. The predicted molar refractivity (Wildman–Crippen MR) is 116 cm³/mol. The molecule has 0 bridgehead atoms. The summed E-state index contributed by atoms with van der Waals surface area (Å²) in [4.78, 5) is 15.9. The average molecular weight is 437 g/mol. The van der Waals surface area contributed by atoms with Crippen LogP contribution < -0.4 is 10.5 Å². The van der Waals surface area contributed by atoms with Gasteiger partial charge in [0.1, 0.15) is 5.75 Å². The highest BCUT2D eigenvalue weighted by molar-refractivity contribution is 7.99. The SMILES string of the molecule is COc1ccccc1Sc1ccc(/C=C/C(=O)N2CCCC(N)C2)c(Cl)c1Cl. The molecule has 28 heavy (non-hydrogen) atoms. The Morgan fingerprint density at radius 3 is 2.75 bits per heavy atom. The minimum Gasteiger partial charge on any atom is -0.496 e. The van der Waals surface area contributed by atoms with Gasteiger partial charge < -0.3 is 15.4 Å². The number of nitrogens with zero attached hydrogens (tertiary/aromatic N) is 1. The van der Waals surface area contributed by atoms with Gasteiger partial charge in [0.2, 0.25) is 5.91 Å². The number of halogens is 2. The Labute approximate surface area is 179 Å². The van der Waals surface area contributed by atoms with Gasteiger partial charge >= 0.3 is 0 Å². The topological polar surface area (TPSA) is 55.6 Å². The van der Waals surface area contributed by atoms with E-state index in [4.69, 9.17) is 33.7 Å². The Bertz CT molecular complexity index is 889. The molecule has 2 aromatic rings. The molecular weight excluding hydrogens is 415 g/mol. The molecule has 2 aromatic carbocycles. The fourth-order valence-corrected chi connectivity index (χ4v) is 4.59. The molecule has 1 heterocycles. The van der Waals surface area contributed by atoms with Crippen LogP contribution in [0.1, 0.15) is 18.4 Å². The molecule has 1 aliphatic heterocycles. The van der Waals surface area contributed by atoms with Gasteiger partial charge in [-0.05, 0) is 42.7 Å². The molecule has 0 spiro atoms. The first-order valence-electron chi connectivity index (χ1n) is 9.01. The van der Waals surface area contributed by atoms with E-state index < -0.39 is 0 Å². The van der Waals surface area contributed by atoms with Gasteiger partial charge in [0, 0.05) is 30.1 Å². The van der Waals surface area contributed by atoms with E-state index in [9.17, 15) is 4.79 Å². The van der Waals surface area contributed by atoms with Gasteiger partial charge in [-0.3, -0.25) is 4.79 Å². The summed E-state index contributed by atoms with van der Waals surface area (Å²) >= 11 is 14.4.